The number of nitrogens with one attached hydrogen (secondary N) is 2. The molecule has 0 radical (unpaired) electrons. The van der Waals surface area contributed by atoms with Crippen molar-refractivity contribution < 1.29 is 13.6 Å². The van der Waals surface area contributed by atoms with Crippen molar-refractivity contribution in [2.75, 3.05) is 5.32 Å². The number of aryl methyl sites for hydroxylation is 1. The summed E-state index contributed by atoms with van der Waals surface area (Å²) >= 11 is 1.28. The molecule has 26 heavy (non-hydrogen) atoms. The van der Waals surface area contributed by atoms with Crippen LogP contribution in [-0.2, 0) is 17.6 Å². The fourth-order valence-corrected chi connectivity index (χ4v) is 4.04. The van der Waals surface area contributed by atoms with E-state index in [1.165, 1.54) is 23.5 Å². The molecule has 0 fully saturated rings. The number of thiazole rings is 1. The fourth-order valence-electron chi connectivity index (χ4n) is 3.20. The first-order valence-electron chi connectivity index (χ1n) is 8.32. The molecule has 8 heteroatoms. The van der Waals surface area contributed by atoms with Crippen LogP contribution >= 0.6 is 11.3 Å². The van der Waals surface area contributed by atoms with Crippen molar-refractivity contribution >= 4 is 22.4 Å². The standard InChI is InChI=1S/C18H16F2N4OS/c19-11-5-4-10(14(20)7-11)6-12-8-21-18(26-12)24-17(25)13-2-1-3-15-16(13)23-9-22-15/h4-5,7-9,13H,1-3,6H2,(H,22,23)(H,21,24,25). The molecule has 2 aromatic heterocycles. The third kappa shape index (κ3) is 3.37. The monoisotopic (exact) mass is 374 g/mol. The van der Waals surface area contributed by atoms with Crippen LogP contribution in [0.5, 0.6) is 0 Å². The van der Waals surface area contributed by atoms with Gasteiger partial charge in [0.05, 0.1) is 17.9 Å². The zero-order valence-corrected chi connectivity index (χ0v) is 14.6. The molecule has 5 nitrogen and oxygen atoms in total. The molecule has 2 N–H and O–H groups in total. The Hall–Kier alpha value is -2.61. The first-order chi connectivity index (χ1) is 12.6. The number of hydrogen-bond acceptors (Lipinski definition) is 4. The van der Waals surface area contributed by atoms with Crippen LogP contribution < -0.4 is 5.32 Å². The number of carbonyl (C=O) groups is 1. The van der Waals surface area contributed by atoms with Crippen molar-refractivity contribution in [2.45, 2.75) is 31.6 Å². The molecule has 0 spiro atoms. The van der Waals surface area contributed by atoms with Gasteiger partial charge in [-0.1, -0.05) is 6.07 Å². The molecule has 0 saturated heterocycles. The number of carbonyl (C=O) groups excluding carboxylic acids is 1. The third-order valence-electron chi connectivity index (χ3n) is 4.48. The number of rotatable bonds is 4. The van der Waals surface area contributed by atoms with Crippen molar-refractivity contribution in [3.63, 3.8) is 0 Å². The summed E-state index contributed by atoms with van der Waals surface area (Å²) in [5.41, 5.74) is 2.21. The number of imidazole rings is 1. The third-order valence-corrected chi connectivity index (χ3v) is 5.39. The van der Waals surface area contributed by atoms with E-state index in [9.17, 15) is 13.6 Å². The van der Waals surface area contributed by atoms with E-state index < -0.39 is 11.6 Å². The number of H-pyrrole nitrogens is 1. The molecule has 134 valence electrons. The summed E-state index contributed by atoms with van der Waals surface area (Å²) in [6.45, 7) is 0. The molecule has 1 aliphatic carbocycles. The van der Waals surface area contributed by atoms with E-state index in [4.69, 9.17) is 0 Å². The van der Waals surface area contributed by atoms with Gasteiger partial charge in [0, 0.05) is 29.3 Å². The largest absolute Gasteiger partial charge is 0.348 e. The molecule has 1 atom stereocenters. The van der Waals surface area contributed by atoms with Gasteiger partial charge in [-0.25, -0.2) is 18.7 Å². The highest BCUT2D eigenvalue weighted by atomic mass is 32.1. The number of halogens is 2. The van der Waals surface area contributed by atoms with E-state index in [-0.39, 0.29) is 11.8 Å². The molecule has 0 bridgehead atoms. The fraction of sp³-hybridized carbons (Fsp3) is 0.278. The Labute approximate surface area is 152 Å². The van der Waals surface area contributed by atoms with Crippen molar-refractivity contribution in [1.29, 1.82) is 0 Å². The molecule has 1 aliphatic rings. The number of anilines is 1. The van der Waals surface area contributed by atoms with E-state index in [2.05, 4.69) is 20.3 Å². The maximum absolute atomic E-state index is 13.8. The highest BCUT2D eigenvalue weighted by Crippen LogP contribution is 2.31. The van der Waals surface area contributed by atoms with Crippen LogP contribution in [0.2, 0.25) is 0 Å². The lowest BCUT2D eigenvalue weighted by Gasteiger charge is -2.19. The number of nitrogens with zero attached hydrogens (tertiary/aromatic N) is 2. The maximum atomic E-state index is 13.8. The first kappa shape index (κ1) is 16.8. The SMILES string of the molecule is O=C(Nc1ncc(Cc2ccc(F)cc2F)s1)C1CCCc2[nH]cnc21. The topological polar surface area (TPSA) is 70.7 Å². The van der Waals surface area contributed by atoms with Gasteiger partial charge in [0.1, 0.15) is 11.6 Å². The van der Waals surface area contributed by atoms with E-state index in [1.54, 1.807) is 12.5 Å². The van der Waals surface area contributed by atoms with Gasteiger partial charge in [-0.15, -0.1) is 11.3 Å². The summed E-state index contributed by atoms with van der Waals surface area (Å²) < 4.78 is 26.8. The van der Waals surface area contributed by atoms with Crippen LogP contribution in [0.25, 0.3) is 0 Å². The number of aromatic amines is 1. The summed E-state index contributed by atoms with van der Waals surface area (Å²) in [5, 5.41) is 3.30. The smallest absolute Gasteiger partial charge is 0.235 e. The number of fused-ring (bicyclic) bond motifs is 1. The van der Waals surface area contributed by atoms with E-state index in [1.807, 2.05) is 0 Å². The zero-order chi connectivity index (χ0) is 18.1. The molecular weight excluding hydrogens is 358 g/mol. The van der Waals surface area contributed by atoms with Gasteiger partial charge in [-0.3, -0.25) is 4.79 Å². The van der Waals surface area contributed by atoms with Crippen LogP contribution in [0.3, 0.4) is 0 Å². The van der Waals surface area contributed by atoms with Crippen LogP contribution in [0.4, 0.5) is 13.9 Å². The number of benzene rings is 1. The van der Waals surface area contributed by atoms with Gasteiger partial charge in [0.2, 0.25) is 5.91 Å². The normalized spacial score (nSPS) is 16.3. The second kappa shape index (κ2) is 6.95. The van der Waals surface area contributed by atoms with Gasteiger partial charge < -0.3 is 10.3 Å². The lowest BCUT2D eigenvalue weighted by atomic mass is 9.89. The predicted octanol–water partition coefficient (Wildman–Crippen LogP) is 3.79. The Bertz CT molecular complexity index is 952. The molecule has 0 aliphatic heterocycles. The van der Waals surface area contributed by atoms with E-state index >= 15 is 0 Å². The maximum Gasteiger partial charge on any atom is 0.235 e. The molecule has 4 rings (SSSR count). The lowest BCUT2D eigenvalue weighted by molar-refractivity contribution is -0.118. The minimum Gasteiger partial charge on any atom is -0.348 e. The second-order valence-corrected chi connectivity index (χ2v) is 7.36. The summed E-state index contributed by atoms with van der Waals surface area (Å²) in [7, 11) is 0. The Morgan fingerprint density at radius 3 is 3.08 bits per heavy atom. The molecule has 3 aromatic rings. The molecule has 1 unspecified atom stereocenters. The first-order valence-corrected chi connectivity index (χ1v) is 9.13. The molecule has 2 heterocycles. The van der Waals surface area contributed by atoms with Crippen molar-refractivity contribution in [3.8, 4) is 0 Å². The van der Waals surface area contributed by atoms with Gasteiger partial charge in [0.15, 0.2) is 5.13 Å². The quantitative estimate of drug-likeness (QED) is 0.730. The number of amides is 1. The summed E-state index contributed by atoms with van der Waals surface area (Å²) in [6.07, 6.45) is 6.11. The van der Waals surface area contributed by atoms with Gasteiger partial charge in [0.25, 0.3) is 0 Å². The van der Waals surface area contributed by atoms with Gasteiger partial charge in [-0.2, -0.15) is 0 Å². The van der Waals surface area contributed by atoms with E-state index in [0.29, 0.717) is 17.1 Å². The second-order valence-electron chi connectivity index (χ2n) is 6.24. The Balaban J connectivity index is 1.45. The van der Waals surface area contributed by atoms with Crippen molar-refractivity contribution in [3.05, 3.63) is 64.2 Å². The minimum atomic E-state index is -0.603. The number of aromatic nitrogens is 3. The average molecular weight is 374 g/mol. The van der Waals surface area contributed by atoms with Crippen molar-refractivity contribution in [2.24, 2.45) is 0 Å². The summed E-state index contributed by atoms with van der Waals surface area (Å²) in [4.78, 5) is 24.9. The van der Waals surface area contributed by atoms with Gasteiger partial charge >= 0.3 is 0 Å². The Kier molecular flexibility index (Phi) is 4.50. The molecule has 1 aromatic carbocycles. The molecule has 1 amide bonds. The molecular formula is C18H16F2N4OS. The highest BCUT2D eigenvalue weighted by molar-refractivity contribution is 7.15. The van der Waals surface area contributed by atoms with Crippen LogP contribution in [0.1, 0.15) is 40.6 Å². The minimum absolute atomic E-state index is 0.132. The Morgan fingerprint density at radius 2 is 2.23 bits per heavy atom. The Morgan fingerprint density at radius 1 is 1.35 bits per heavy atom. The highest BCUT2D eigenvalue weighted by Gasteiger charge is 2.29. The van der Waals surface area contributed by atoms with Crippen molar-refractivity contribution in [1.82, 2.24) is 15.0 Å². The van der Waals surface area contributed by atoms with E-state index in [0.717, 1.165) is 41.6 Å². The summed E-state index contributed by atoms with van der Waals surface area (Å²) in [6, 6.07) is 3.51. The van der Waals surface area contributed by atoms with Crippen LogP contribution in [0, 0.1) is 11.6 Å². The average Bonchev–Trinajstić information content (AvgIpc) is 3.26. The zero-order valence-electron chi connectivity index (χ0n) is 13.8. The molecule has 0 saturated carbocycles. The summed E-state index contributed by atoms with van der Waals surface area (Å²) in [5.74, 6) is -1.61. The lowest BCUT2D eigenvalue weighted by Crippen LogP contribution is -2.24. The van der Waals surface area contributed by atoms with Gasteiger partial charge in [-0.05, 0) is 30.9 Å². The number of hydrogen-bond donors (Lipinski definition) is 2. The predicted molar refractivity (Wildman–Crippen MR) is 94.2 cm³/mol. The van der Waals surface area contributed by atoms with Crippen LogP contribution in [0.15, 0.2) is 30.7 Å². The van der Waals surface area contributed by atoms with Crippen LogP contribution in [-0.4, -0.2) is 20.9 Å².